The molecule has 22 heavy (non-hydrogen) atoms. The first kappa shape index (κ1) is 17.0. The molecule has 2 rings (SSSR count). The molecule has 1 heterocycles. The van der Waals surface area contributed by atoms with Crippen LogP contribution in [0.1, 0.15) is 29.4 Å². The highest BCUT2D eigenvalue weighted by atomic mass is 35.5. The summed E-state index contributed by atoms with van der Waals surface area (Å²) < 4.78 is 7.36. The molecule has 0 amide bonds. The number of ether oxygens (including phenoxy) is 1. The molecule has 4 nitrogen and oxygen atoms in total. The first-order chi connectivity index (χ1) is 10.6. The second kappa shape index (κ2) is 8.32. The van der Waals surface area contributed by atoms with Crippen molar-refractivity contribution in [2.45, 2.75) is 33.9 Å². The molecule has 0 bridgehead atoms. The Balaban J connectivity index is 2.02. The van der Waals surface area contributed by atoms with Crippen LogP contribution in [0.2, 0.25) is 5.02 Å². The van der Waals surface area contributed by atoms with Gasteiger partial charge in [-0.25, -0.2) is 0 Å². The van der Waals surface area contributed by atoms with Crippen LogP contribution in [0.3, 0.4) is 0 Å². The van der Waals surface area contributed by atoms with Gasteiger partial charge in [0.05, 0.1) is 18.8 Å². The van der Waals surface area contributed by atoms with E-state index in [1.807, 2.05) is 35.9 Å². The Labute approximate surface area is 137 Å². The van der Waals surface area contributed by atoms with E-state index in [0.29, 0.717) is 6.54 Å². The zero-order valence-corrected chi connectivity index (χ0v) is 14.3. The molecule has 0 saturated heterocycles. The Hall–Kier alpha value is -1.36. The van der Waals surface area contributed by atoms with E-state index in [-0.39, 0.29) is 0 Å². The van der Waals surface area contributed by atoms with Crippen LogP contribution in [-0.2, 0) is 17.8 Å². The molecule has 1 aromatic carbocycles. The van der Waals surface area contributed by atoms with Gasteiger partial charge in [-0.15, -0.1) is 0 Å². The van der Waals surface area contributed by atoms with E-state index >= 15 is 0 Å². The maximum absolute atomic E-state index is 6.24. The Kier molecular flexibility index (Phi) is 6.43. The Bertz CT molecular complexity index is 610. The van der Waals surface area contributed by atoms with Crippen molar-refractivity contribution >= 4 is 11.6 Å². The van der Waals surface area contributed by atoms with Gasteiger partial charge in [0.1, 0.15) is 0 Å². The van der Waals surface area contributed by atoms with Crippen LogP contribution < -0.4 is 5.32 Å². The number of aryl methyl sites for hydroxylation is 1. The number of nitrogens with zero attached hydrogens (tertiary/aromatic N) is 2. The highest BCUT2D eigenvalue weighted by Gasteiger charge is 2.12. The maximum atomic E-state index is 6.24. The van der Waals surface area contributed by atoms with Crippen LogP contribution in [-0.4, -0.2) is 29.5 Å². The van der Waals surface area contributed by atoms with Crippen molar-refractivity contribution in [2.24, 2.45) is 0 Å². The Morgan fingerprint density at radius 2 is 2.05 bits per heavy atom. The van der Waals surface area contributed by atoms with E-state index in [9.17, 15) is 0 Å². The monoisotopic (exact) mass is 321 g/mol. The highest BCUT2D eigenvalue weighted by molar-refractivity contribution is 6.31. The molecule has 0 atom stereocenters. The lowest BCUT2D eigenvalue weighted by molar-refractivity contribution is 0.149. The summed E-state index contributed by atoms with van der Waals surface area (Å²) in [4.78, 5) is 0. The van der Waals surface area contributed by atoms with E-state index < -0.39 is 0 Å². The van der Waals surface area contributed by atoms with Crippen molar-refractivity contribution in [1.29, 1.82) is 0 Å². The number of rotatable bonds is 8. The number of aromatic nitrogens is 2. The van der Waals surface area contributed by atoms with Crippen molar-refractivity contribution in [3.8, 4) is 0 Å². The molecular formula is C17H24ClN3O. The van der Waals surface area contributed by atoms with Gasteiger partial charge in [0.15, 0.2) is 0 Å². The zero-order chi connectivity index (χ0) is 15.9. The van der Waals surface area contributed by atoms with E-state index in [1.165, 1.54) is 11.3 Å². The second-order valence-electron chi connectivity index (χ2n) is 5.27. The van der Waals surface area contributed by atoms with Crippen LogP contribution in [0.4, 0.5) is 0 Å². The number of hydrogen-bond acceptors (Lipinski definition) is 3. The summed E-state index contributed by atoms with van der Waals surface area (Å²) in [6.07, 6.45) is 0. The highest BCUT2D eigenvalue weighted by Crippen LogP contribution is 2.19. The lowest BCUT2D eigenvalue weighted by Gasteiger charge is -2.08. The minimum atomic E-state index is 0.700. The quantitative estimate of drug-likeness (QED) is 0.758. The SMILES string of the molecule is CCOCCNCc1c(C)nn(Cc2ccccc2Cl)c1C. The molecule has 5 heteroatoms. The average Bonchev–Trinajstić information content (AvgIpc) is 2.76. The fourth-order valence-corrected chi connectivity index (χ4v) is 2.63. The lowest BCUT2D eigenvalue weighted by atomic mass is 10.2. The molecule has 1 N–H and O–H groups in total. The first-order valence-corrected chi connectivity index (χ1v) is 8.06. The topological polar surface area (TPSA) is 39.1 Å². The minimum absolute atomic E-state index is 0.700. The van der Waals surface area contributed by atoms with Gasteiger partial charge in [0.2, 0.25) is 0 Å². The summed E-state index contributed by atoms with van der Waals surface area (Å²) in [6.45, 7) is 10.0. The molecule has 0 aliphatic carbocycles. The van der Waals surface area contributed by atoms with Crippen molar-refractivity contribution in [1.82, 2.24) is 15.1 Å². The van der Waals surface area contributed by atoms with Crippen LogP contribution in [0.15, 0.2) is 24.3 Å². The van der Waals surface area contributed by atoms with Gasteiger partial charge in [-0.3, -0.25) is 4.68 Å². The van der Waals surface area contributed by atoms with Crippen LogP contribution in [0.25, 0.3) is 0 Å². The summed E-state index contributed by atoms with van der Waals surface area (Å²) in [5, 5.41) is 8.83. The van der Waals surface area contributed by atoms with Crippen molar-refractivity contribution in [3.63, 3.8) is 0 Å². The van der Waals surface area contributed by atoms with Gasteiger partial charge in [-0.2, -0.15) is 5.10 Å². The summed E-state index contributed by atoms with van der Waals surface area (Å²) >= 11 is 6.24. The van der Waals surface area contributed by atoms with Gasteiger partial charge in [-0.1, -0.05) is 29.8 Å². The molecule has 0 spiro atoms. The predicted octanol–water partition coefficient (Wildman–Crippen LogP) is 3.33. The van der Waals surface area contributed by atoms with E-state index in [4.69, 9.17) is 16.3 Å². The number of benzene rings is 1. The van der Waals surface area contributed by atoms with Crippen LogP contribution in [0.5, 0.6) is 0 Å². The third kappa shape index (κ3) is 4.32. The van der Waals surface area contributed by atoms with Crippen molar-refractivity contribution in [3.05, 3.63) is 51.8 Å². The maximum Gasteiger partial charge on any atom is 0.0677 e. The first-order valence-electron chi connectivity index (χ1n) is 7.68. The van der Waals surface area contributed by atoms with Gasteiger partial charge >= 0.3 is 0 Å². The number of nitrogens with one attached hydrogen (secondary N) is 1. The summed E-state index contributed by atoms with van der Waals surface area (Å²) in [7, 11) is 0. The normalized spacial score (nSPS) is 11.1. The molecule has 0 aliphatic heterocycles. The van der Waals surface area contributed by atoms with E-state index in [0.717, 1.165) is 42.6 Å². The molecule has 0 saturated carbocycles. The Morgan fingerprint density at radius 3 is 2.77 bits per heavy atom. The van der Waals surface area contributed by atoms with Crippen LogP contribution in [0, 0.1) is 13.8 Å². The van der Waals surface area contributed by atoms with Gasteiger partial charge in [0, 0.05) is 36.0 Å². The molecular weight excluding hydrogens is 298 g/mol. The Morgan fingerprint density at radius 1 is 1.27 bits per heavy atom. The molecule has 1 aromatic heterocycles. The largest absolute Gasteiger partial charge is 0.380 e. The summed E-state index contributed by atoms with van der Waals surface area (Å²) in [6, 6.07) is 7.90. The minimum Gasteiger partial charge on any atom is -0.380 e. The smallest absolute Gasteiger partial charge is 0.0677 e. The molecule has 0 aliphatic rings. The third-order valence-electron chi connectivity index (χ3n) is 3.74. The van der Waals surface area contributed by atoms with E-state index in [2.05, 4.69) is 24.3 Å². The lowest BCUT2D eigenvalue weighted by Crippen LogP contribution is -2.20. The number of halogens is 1. The average molecular weight is 322 g/mol. The molecule has 2 aromatic rings. The van der Waals surface area contributed by atoms with Crippen LogP contribution >= 0.6 is 11.6 Å². The summed E-state index contributed by atoms with van der Waals surface area (Å²) in [5.41, 5.74) is 4.59. The second-order valence-corrected chi connectivity index (χ2v) is 5.68. The standard InChI is InChI=1S/C17H24ClN3O/c1-4-22-10-9-19-11-16-13(2)20-21(14(16)3)12-15-7-5-6-8-17(15)18/h5-8,19H,4,9-12H2,1-3H3. The predicted molar refractivity (Wildman–Crippen MR) is 90.5 cm³/mol. The fraction of sp³-hybridized carbons (Fsp3) is 0.471. The number of hydrogen-bond donors (Lipinski definition) is 1. The fourth-order valence-electron chi connectivity index (χ4n) is 2.43. The zero-order valence-electron chi connectivity index (χ0n) is 13.5. The molecule has 0 fully saturated rings. The summed E-state index contributed by atoms with van der Waals surface area (Å²) in [5.74, 6) is 0. The van der Waals surface area contributed by atoms with Crippen molar-refractivity contribution in [2.75, 3.05) is 19.8 Å². The molecule has 0 unspecified atom stereocenters. The molecule has 120 valence electrons. The van der Waals surface area contributed by atoms with Crippen molar-refractivity contribution < 1.29 is 4.74 Å². The third-order valence-corrected chi connectivity index (χ3v) is 4.11. The van der Waals surface area contributed by atoms with Gasteiger partial charge in [0.25, 0.3) is 0 Å². The van der Waals surface area contributed by atoms with Gasteiger partial charge < -0.3 is 10.1 Å². The van der Waals surface area contributed by atoms with E-state index in [1.54, 1.807) is 0 Å². The molecule has 0 radical (unpaired) electrons. The van der Waals surface area contributed by atoms with Gasteiger partial charge in [-0.05, 0) is 32.4 Å².